The highest BCUT2D eigenvalue weighted by atomic mass is 32.2. The molecule has 1 aromatic carbocycles. The molecule has 1 heterocycles. The van der Waals surface area contributed by atoms with Gasteiger partial charge in [-0.15, -0.1) is 11.8 Å². The predicted octanol–water partition coefficient (Wildman–Crippen LogP) is 3.14. The van der Waals surface area contributed by atoms with Gasteiger partial charge in [0.2, 0.25) is 0 Å². The summed E-state index contributed by atoms with van der Waals surface area (Å²) in [6.45, 7) is 2.90. The van der Waals surface area contributed by atoms with Crippen LogP contribution in [0, 0.1) is 0 Å². The second-order valence-electron chi connectivity index (χ2n) is 4.66. The van der Waals surface area contributed by atoms with Gasteiger partial charge >= 0.3 is 0 Å². The molecule has 0 aliphatic carbocycles. The predicted molar refractivity (Wildman–Crippen MR) is 91.4 cm³/mol. The summed E-state index contributed by atoms with van der Waals surface area (Å²) in [4.78, 5) is 16.5. The molecule has 0 saturated carbocycles. The van der Waals surface area contributed by atoms with Gasteiger partial charge < -0.3 is 14.8 Å². The molecule has 0 spiro atoms. The van der Waals surface area contributed by atoms with Crippen LogP contribution in [0.3, 0.4) is 0 Å². The number of hydrogen-bond acceptors (Lipinski definition) is 5. The summed E-state index contributed by atoms with van der Waals surface area (Å²) in [5, 5.41) is 3.62. The lowest BCUT2D eigenvalue weighted by molar-refractivity contribution is 0.0947. The molecule has 0 unspecified atom stereocenters. The van der Waals surface area contributed by atoms with Crippen LogP contribution in [0.25, 0.3) is 0 Å². The van der Waals surface area contributed by atoms with Crippen molar-refractivity contribution in [3.63, 3.8) is 0 Å². The quantitative estimate of drug-likeness (QED) is 0.789. The minimum absolute atomic E-state index is 0.143. The molecule has 0 aliphatic heterocycles. The van der Waals surface area contributed by atoms with Crippen molar-refractivity contribution in [1.29, 1.82) is 0 Å². The molecule has 0 bridgehead atoms. The number of carbonyl (C=O) groups is 1. The van der Waals surface area contributed by atoms with E-state index >= 15 is 0 Å². The standard InChI is InChI=1S/C17H20N2O3S/c1-4-22-14-8-7-12(10-15(14)21-2)11-19-16(20)13-6-5-9-18-17(13)23-3/h5-10H,4,11H2,1-3H3,(H,19,20). The molecule has 0 fully saturated rings. The lowest BCUT2D eigenvalue weighted by Crippen LogP contribution is -2.23. The molecule has 1 N–H and O–H groups in total. The van der Waals surface area contributed by atoms with Crippen molar-refractivity contribution >= 4 is 17.7 Å². The lowest BCUT2D eigenvalue weighted by atomic mass is 10.2. The minimum Gasteiger partial charge on any atom is -0.493 e. The number of aromatic nitrogens is 1. The zero-order valence-corrected chi connectivity index (χ0v) is 14.3. The average Bonchev–Trinajstić information content (AvgIpc) is 2.60. The molecule has 5 nitrogen and oxygen atoms in total. The first-order valence-electron chi connectivity index (χ1n) is 7.26. The van der Waals surface area contributed by atoms with Crippen LogP contribution in [-0.2, 0) is 6.54 Å². The maximum Gasteiger partial charge on any atom is 0.254 e. The van der Waals surface area contributed by atoms with Crippen molar-refractivity contribution in [2.75, 3.05) is 20.0 Å². The Balaban J connectivity index is 2.07. The summed E-state index contributed by atoms with van der Waals surface area (Å²) in [6, 6.07) is 9.15. The summed E-state index contributed by atoms with van der Waals surface area (Å²) in [5.74, 6) is 1.21. The van der Waals surface area contributed by atoms with Crippen LogP contribution in [0.2, 0.25) is 0 Å². The van der Waals surface area contributed by atoms with E-state index in [2.05, 4.69) is 10.3 Å². The Labute approximate surface area is 140 Å². The first-order chi connectivity index (χ1) is 11.2. The minimum atomic E-state index is -0.143. The smallest absolute Gasteiger partial charge is 0.254 e. The van der Waals surface area contributed by atoms with Crippen molar-refractivity contribution in [2.24, 2.45) is 0 Å². The van der Waals surface area contributed by atoms with Gasteiger partial charge in [-0.3, -0.25) is 4.79 Å². The number of thioether (sulfide) groups is 1. The van der Waals surface area contributed by atoms with E-state index < -0.39 is 0 Å². The van der Waals surface area contributed by atoms with Gasteiger partial charge in [-0.05, 0) is 43.0 Å². The van der Waals surface area contributed by atoms with Crippen molar-refractivity contribution < 1.29 is 14.3 Å². The highest BCUT2D eigenvalue weighted by Crippen LogP contribution is 2.28. The van der Waals surface area contributed by atoms with E-state index in [0.717, 1.165) is 5.56 Å². The SMILES string of the molecule is CCOc1ccc(CNC(=O)c2cccnc2SC)cc1OC. The van der Waals surface area contributed by atoms with Gasteiger partial charge in [0.25, 0.3) is 5.91 Å². The number of benzene rings is 1. The van der Waals surface area contributed by atoms with Crippen LogP contribution in [0.15, 0.2) is 41.6 Å². The number of nitrogens with zero attached hydrogens (tertiary/aromatic N) is 1. The van der Waals surface area contributed by atoms with E-state index in [1.165, 1.54) is 11.8 Å². The van der Waals surface area contributed by atoms with Crippen molar-refractivity contribution in [3.8, 4) is 11.5 Å². The summed E-state index contributed by atoms with van der Waals surface area (Å²) >= 11 is 1.45. The molecular weight excluding hydrogens is 312 g/mol. The van der Waals surface area contributed by atoms with E-state index in [-0.39, 0.29) is 5.91 Å². The molecule has 2 aromatic rings. The number of nitrogens with one attached hydrogen (secondary N) is 1. The van der Waals surface area contributed by atoms with Crippen LogP contribution in [0.4, 0.5) is 0 Å². The van der Waals surface area contributed by atoms with Crippen LogP contribution < -0.4 is 14.8 Å². The fourth-order valence-electron chi connectivity index (χ4n) is 2.10. The Bertz CT molecular complexity index is 677. The molecule has 6 heteroatoms. The van der Waals surface area contributed by atoms with Crippen LogP contribution in [0.5, 0.6) is 11.5 Å². The van der Waals surface area contributed by atoms with Crippen LogP contribution in [0.1, 0.15) is 22.8 Å². The number of pyridine rings is 1. The highest BCUT2D eigenvalue weighted by molar-refractivity contribution is 7.98. The second-order valence-corrected chi connectivity index (χ2v) is 5.46. The Morgan fingerprint density at radius 3 is 2.83 bits per heavy atom. The highest BCUT2D eigenvalue weighted by Gasteiger charge is 2.12. The van der Waals surface area contributed by atoms with Gasteiger partial charge in [-0.1, -0.05) is 6.07 Å². The summed E-state index contributed by atoms with van der Waals surface area (Å²) in [6.07, 6.45) is 3.58. The molecule has 0 aliphatic rings. The fraction of sp³-hybridized carbons (Fsp3) is 0.294. The number of amides is 1. The van der Waals surface area contributed by atoms with E-state index in [9.17, 15) is 4.79 Å². The maximum absolute atomic E-state index is 12.3. The molecule has 1 aromatic heterocycles. The van der Waals surface area contributed by atoms with Crippen LogP contribution >= 0.6 is 11.8 Å². The first kappa shape index (κ1) is 17.1. The third-order valence-electron chi connectivity index (χ3n) is 3.19. The van der Waals surface area contributed by atoms with Gasteiger partial charge in [0.1, 0.15) is 5.03 Å². The Morgan fingerprint density at radius 1 is 1.30 bits per heavy atom. The van der Waals surface area contributed by atoms with E-state index in [1.807, 2.05) is 31.4 Å². The molecule has 1 amide bonds. The van der Waals surface area contributed by atoms with Gasteiger partial charge in [-0.2, -0.15) is 0 Å². The Morgan fingerprint density at radius 2 is 2.13 bits per heavy atom. The van der Waals surface area contributed by atoms with Crippen LogP contribution in [-0.4, -0.2) is 30.9 Å². The zero-order valence-electron chi connectivity index (χ0n) is 13.5. The van der Waals surface area contributed by atoms with E-state index in [4.69, 9.17) is 9.47 Å². The van der Waals surface area contributed by atoms with Gasteiger partial charge in [0.15, 0.2) is 11.5 Å². The topological polar surface area (TPSA) is 60.5 Å². The number of rotatable bonds is 7. The van der Waals surface area contributed by atoms with Crippen molar-refractivity contribution in [3.05, 3.63) is 47.7 Å². The molecule has 0 radical (unpaired) electrons. The second kappa shape index (κ2) is 8.43. The third kappa shape index (κ3) is 4.39. The van der Waals surface area contributed by atoms with Crippen molar-refractivity contribution in [2.45, 2.75) is 18.5 Å². The summed E-state index contributed by atoms with van der Waals surface area (Å²) in [5.41, 5.74) is 1.52. The molecule has 23 heavy (non-hydrogen) atoms. The Hall–Kier alpha value is -2.21. The molecule has 0 saturated heterocycles. The van der Waals surface area contributed by atoms with Gasteiger partial charge in [0.05, 0.1) is 19.3 Å². The van der Waals surface area contributed by atoms with E-state index in [0.29, 0.717) is 35.2 Å². The fourth-order valence-corrected chi connectivity index (χ4v) is 2.65. The third-order valence-corrected chi connectivity index (χ3v) is 3.90. The maximum atomic E-state index is 12.3. The lowest BCUT2D eigenvalue weighted by Gasteiger charge is -2.12. The molecule has 122 valence electrons. The average molecular weight is 332 g/mol. The number of ether oxygens (including phenoxy) is 2. The normalized spacial score (nSPS) is 10.2. The molecule has 0 atom stereocenters. The number of carbonyl (C=O) groups excluding carboxylic acids is 1. The zero-order chi connectivity index (χ0) is 16.7. The van der Waals surface area contributed by atoms with E-state index in [1.54, 1.807) is 25.4 Å². The summed E-state index contributed by atoms with van der Waals surface area (Å²) < 4.78 is 10.8. The molecule has 2 rings (SSSR count). The largest absolute Gasteiger partial charge is 0.493 e. The van der Waals surface area contributed by atoms with Crippen molar-refractivity contribution in [1.82, 2.24) is 10.3 Å². The number of methoxy groups -OCH3 is 1. The number of hydrogen-bond donors (Lipinski definition) is 1. The monoisotopic (exact) mass is 332 g/mol. The van der Waals surface area contributed by atoms with Gasteiger partial charge in [-0.25, -0.2) is 4.98 Å². The summed E-state index contributed by atoms with van der Waals surface area (Å²) in [7, 11) is 1.60. The Kier molecular flexibility index (Phi) is 6.29. The molecular formula is C17H20N2O3S. The first-order valence-corrected chi connectivity index (χ1v) is 8.49. The van der Waals surface area contributed by atoms with Gasteiger partial charge in [0, 0.05) is 12.7 Å².